The molecule has 0 saturated heterocycles. The predicted octanol–water partition coefficient (Wildman–Crippen LogP) is 5.58. The summed E-state index contributed by atoms with van der Waals surface area (Å²) in [6.07, 6.45) is 1.72. The lowest BCUT2D eigenvalue weighted by molar-refractivity contribution is -0.139. The number of aryl methyl sites for hydroxylation is 1. The number of nitrogens with one attached hydrogen (secondary N) is 1. The second kappa shape index (κ2) is 14.9. The average Bonchev–Trinajstić information content (AvgIpc) is 2.95. The zero-order chi connectivity index (χ0) is 30.0. The Morgan fingerprint density at radius 1 is 1.00 bits per heavy atom. The molecule has 0 saturated carbocycles. The van der Waals surface area contributed by atoms with Gasteiger partial charge in [-0.1, -0.05) is 54.8 Å². The van der Waals surface area contributed by atoms with Crippen LogP contribution < -0.4 is 14.4 Å². The van der Waals surface area contributed by atoms with E-state index in [1.807, 2.05) is 26.8 Å². The third kappa shape index (κ3) is 8.71. The molecule has 0 spiro atoms. The lowest BCUT2D eigenvalue weighted by Crippen LogP contribution is -2.51. The molecule has 41 heavy (non-hydrogen) atoms. The van der Waals surface area contributed by atoms with E-state index in [9.17, 15) is 18.0 Å². The van der Waals surface area contributed by atoms with Gasteiger partial charge in [0.15, 0.2) is 0 Å². The molecule has 0 aliphatic rings. The largest absolute Gasteiger partial charge is 0.494 e. The summed E-state index contributed by atoms with van der Waals surface area (Å²) in [7, 11) is -4.16. The van der Waals surface area contributed by atoms with E-state index >= 15 is 0 Å². The fourth-order valence-corrected chi connectivity index (χ4v) is 5.82. The van der Waals surface area contributed by atoms with Crippen molar-refractivity contribution in [2.24, 2.45) is 0 Å². The number of anilines is 1. The maximum absolute atomic E-state index is 14.0. The van der Waals surface area contributed by atoms with E-state index in [0.717, 1.165) is 28.3 Å². The Labute approximate surface area is 248 Å². The normalized spacial score (nSPS) is 11.9. The van der Waals surface area contributed by atoms with Gasteiger partial charge in [0.25, 0.3) is 10.0 Å². The Hall–Kier alpha value is -3.56. The van der Waals surface area contributed by atoms with E-state index in [0.29, 0.717) is 29.6 Å². The zero-order valence-electron chi connectivity index (χ0n) is 24.0. The molecule has 10 heteroatoms. The smallest absolute Gasteiger partial charge is 0.264 e. The molecule has 3 aromatic rings. The Kier molecular flexibility index (Phi) is 11.6. The van der Waals surface area contributed by atoms with E-state index in [1.165, 1.54) is 17.0 Å². The van der Waals surface area contributed by atoms with Gasteiger partial charge in [-0.3, -0.25) is 13.9 Å². The molecule has 0 aromatic heterocycles. The van der Waals surface area contributed by atoms with Gasteiger partial charge in [0, 0.05) is 18.1 Å². The Morgan fingerprint density at radius 2 is 1.68 bits per heavy atom. The van der Waals surface area contributed by atoms with E-state index in [1.54, 1.807) is 61.5 Å². The minimum Gasteiger partial charge on any atom is -0.494 e. The third-order valence-corrected chi connectivity index (χ3v) is 8.59. The molecule has 0 fully saturated rings. The average molecular weight is 600 g/mol. The number of rotatable bonds is 14. The first-order valence-corrected chi connectivity index (χ1v) is 15.5. The van der Waals surface area contributed by atoms with E-state index in [2.05, 4.69) is 5.32 Å². The van der Waals surface area contributed by atoms with Gasteiger partial charge in [-0.05, 0) is 81.3 Å². The summed E-state index contributed by atoms with van der Waals surface area (Å²) >= 11 is 6.19. The molecular weight excluding hydrogens is 562 g/mol. The molecule has 0 aliphatic carbocycles. The summed E-state index contributed by atoms with van der Waals surface area (Å²) in [5, 5.41) is 3.37. The molecule has 3 rings (SSSR count). The molecule has 2 amide bonds. The van der Waals surface area contributed by atoms with Crippen molar-refractivity contribution in [3.8, 4) is 5.75 Å². The highest BCUT2D eigenvalue weighted by Gasteiger charge is 2.32. The molecular formula is C31H38ClN3O5S. The van der Waals surface area contributed by atoms with Crippen LogP contribution in [0.15, 0.2) is 77.7 Å². The van der Waals surface area contributed by atoms with Crippen molar-refractivity contribution >= 4 is 39.1 Å². The number of amides is 2. The van der Waals surface area contributed by atoms with Crippen molar-refractivity contribution in [1.29, 1.82) is 0 Å². The van der Waals surface area contributed by atoms with Crippen LogP contribution >= 0.6 is 11.6 Å². The molecule has 3 aromatic carbocycles. The number of hydrogen-bond acceptors (Lipinski definition) is 5. The van der Waals surface area contributed by atoms with Gasteiger partial charge in [-0.2, -0.15) is 0 Å². The van der Waals surface area contributed by atoms with Crippen LogP contribution in [-0.2, 0) is 26.2 Å². The monoisotopic (exact) mass is 599 g/mol. The summed E-state index contributed by atoms with van der Waals surface area (Å²) < 4.78 is 34.4. The molecule has 8 nitrogen and oxygen atoms in total. The molecule has 1 N–H and O–H groups in total. The fraction of sp³-hybridized carbons (Fsp3) is 0.355. The highest BCUT2D eigenvalue weighted by molar-refractivity contribution is 7.92. The van der Waals surface area contributed by atoms with E-state index < -0.39 is 28.5 Å². The van der Waals surface area contributed by atoms with Crippen LogP contribution in [0.4, 0.5) is 5.69 Å². The van der Waals surface area contributed by atoms with E-state index in [4.69, 9.17) is 16.3 Å². The maximum atomic E-state index is 14.0. The highest BCUT2D eigenvalue weighted by Crippen LogP contribution is 2.26. The Balaban J connectivity index is 1.99. The van der Waals surface area contributed by atoms with Crippen molar-refractivity contribution in [2.75, 3.05) is 24.0 Å². The van der Waals surface area contributed by atoms with Gasteiger partial charge in [0.05, 0.1) is 17.2 Å². The molecule has 1 atom stereocenters. The second-order valence-corrected chi connectivity index (χ2v) is 12.0. The highest BCUT2D eigenvalue weighted by atomic mass is 35.5. The first-order valence-electron chi connectivity index (χ1n) is 13.7. The number of halogens is 1. The molecule has 0 radical (unpaired) electrons. The number of benzene rings is 3. The lowest BCUT2D eigenvalue weighted by atomic mass is 10.1. The second-order valence-electron chi connectivity index (χ2n) is 9.72. The van der Waals surface area contributed by atoms with Crippen molar-refractivity contribution < 1.29 is 22.7 Å². The lowest BCUT2D eigenvalue weighted by Gasteiger charge is -2.32. The molecule has 220 valence electrons. The van der Waals surface area contributed by atoms with Crippen molar-refractivity contribution in [3.05, 3.63) is 88.9 Å². The van der Waals surface area contributed by atoms with Gasteiger partial charge < -0.3 is 15.0 Å². The van der Waals surface area contributed by atoms with Crippen LogP contribution in [0.25, 0.3) is 0 Å². The Bertz CT molecular complexity index is 1410. The number of carbonyl (C=O) groups is 2. The van der Waals surface area contributed by atoms with Crippen molar-refractivity contribution in [1.82, 2.24) is 10.2 Å². The predicted molar refractivity (Wildman–Crippen MR) is 163 cm³/mol. The fourth-order valence-electron chi connectivity index (χ4n) is 4.19. The Morgan fingerprint density at radius 3 is 2.29 bits per heavy atom. The molecule has 1 unspecified atom stereocenters. The first-order chi connectivity index (χ1) is 19.6. The number of unbranched alkanes of at least 4 members (excludes halogenated alkanes) is 1. The number of carbonyl (C=O) groups excluding carboxylic acids is 2. The number of hydrogen-bond donors (Lipinski definition) is 1. The quantitative estimate of drug-likeness (QED) is 0.244. The number of sulfonamides is 1. The standard InChI is InChI=1S/C31H38ClN3O5S/c1-5-7-19-33-31(37)24(4)34(21-25-9-8-10-26(32)20-25)30(36)22-35(27-13-11-23(3)12-14-27)41(38,39)29-17-15-28(16-18-29)40-6-2/h8-18,20,24H,5-7,19,21-22H2,1-4H3,(H,33,37). The van der Waals surface area contributed by atoms with Crippen LogP contribution in [-0.4, -0.2) is 50.9 Å². The number of ether oxygens (including phenoxy) is 1. The van der Waals surface area contributed by atoms with Gasteiger partial charge in [-0.25, -0.2) is 8.42 Å². The molecule has 0 bridgehead atoms. The van der Waals surface area contributed by atoms with Crippen molar-refractivity contribution in [2.45, 2.75) is 58.0 Å². The van der Waals surface area contributed by atoms with Gasteiger partial charge in [-0.15, -0.1) is 0 Å². The minimum atomic E-state index is -4.16. The van der Waals surface area contributed by atoms with Crippen molar-refractivity contribution in [3.63, 3.8) is 0 Å². The molecule has 0 heterocycles. The summed E-state index contributed by atoms with van der Waals surface area (Å²) in [4.78, 5) is 28.4. The third-order valence-electron chi connectivity index (χ3n) is 6.56. The number of nitrogens with zero attached hydrogens (tertiary/aromatic N) is 2. The van der Waals surface area contributed by atoms with Crippen LogP contribution in [0.5, 0.6) is 5.75 Å². The first kappa shape index (κ1) is 32.0. The van der Waals surface area contributed by atoms with Gasteiger partial charge in [0.2, 0.25) is 11.8 Å². The summed E-state index contributed by atoms with van der Waals surface area (Å²) in [6.45, 7) is 7.90. The van der Waals surface area contributed by atoms with Gasteiger partial charge >= 0.3 is 0 Å². The van der Waals surface area contributed by atoms with Gasteiger partial charge in [0.1, 0.15) is 18.3 Å². The van der Waals surface area contributed by atoms with Crippen LogP contribution in [0.1, 0.15) is 44.7 Å². The topological polar surface area (TPSA) is 96.0 Å². The zero-order valence-corrected chi connectivity index (χ0v) is 25.5. The van der Waals surface area contributed by atoms with Crippen LogP contribution in [0, 0.1) is 6.92 Å². The summed E-state index contributed by atoms with van der Waals surface area (Å²) in [5.41, 5.74) is 1.99. The van der Waals surface area contributed by atoms with Crippen LogP contribution in [0.3, 0.4) is 0 Å². The van der Waals surface area contributed by atoms with Crippen LogP contribution in [0.2, 0.25) is 5.02 Å². The van der Waals surface area contributed by atoms with E-state index in [-0.39, 0.29) is 17.3 Å². The minimum absolute atomic E-state index is 0.0149. The summed E-state index contributed by atoms with van der Waals surface area (Å²) in [6, 6.07) is 19.1. The SMILES string of the molecule is CCCCNC(=O)C(C)N(Cc1cccc(Cl)c1)C(=O)CN(c1ccc(C)cc1)S(=O)(=O)c1ccc(OCC)cc1. The maximum Gasteiger partial charge on any atom is 0.264 e. The molecule has 0 aliphatic heterocycles. The summed E-state index contributed by atoms with van der Waals surface area (Å²) in [5.74, 6) is -0.302.